The number of fused-ring (bicyclic) bond motifs is 2. The number of nitrogens with zero attached hydrogens (tertiary/aromatic N) is 6. The first-order chi connectivity index (χ1) is 10.2. The van der Waals surface area contributed by atoms with Crippen LogP contribution in [0.5, 0.6) is 0 Å². The minimum Gasteiger partial charge on any atom is -0.367 e. The van der Waals surface area contributed by atoms with Gasteiger partial charge in [-0.25, -0.2) is 19.6 Å². The maximum Gasteiger partial charge on any atom is 0.195 e. The van der Waals surface area contributed by atoms with Crippen LogP contribution < -0.4 is 4.90 Å². The van der Waals surface area contributed by atoms with Crippen LogP contribution in [0.1, 0.15) is 25.6 Å². The van der Waals surface area contributed by atoms with Crippen LogP contribution in [0.15, 0.2) is 21.7 Å². The largest absolute Gasteiger partial charge is 0.367 e. The van der Waals surface area contributed by atoms with Gasteiger partial charge in [0.1, 0.15) is 17.2 Å². The molecule has 0 radical (unpaired) electrons. The van der Waals surface area contributed by atoms with Gasteiger partial charge in [0.25, 0.3) is 0 Å². The first kappa shape index (κ1) is 14.6. The van der Waals surface area contributed by atoms with Gasteiger partial charge in [0.15, 0.2) is 16.5 Å². The maximum atomic E-state index is 10.6. The molecule has 1 unspecified atom stereocenters. The lowest BCUT2D eigenvalue weighted by Crippen LogP contribution is -2.28. The Hall–Kier alpha value is -1.32. The van der Waals surface area contributed by atoms with Gasteiger partial charge in [-0.15, -0.1) is 0 Å². The molecule has 1 atom stereocenters. The van der Waals surface area contributed by atoms with Crippen molar-refractivity contribution in [3.63, 3.8) is 0 Å². The van der Waals surface area contributed by atoms with E-state index in [-0.39, 0.29) is 0 Å². The van der Waals surface area contributed by atoms with Crippen molar-refractivity contribution in [3.05, 3.63) is 11.9 Å². The summed E-state index contributed by atoms with van der Waals surface area (Å²) < 4.78 is 1.50. The van der Waals surface area contributed by atoms with Crippen LogP contribution in [0.4, 0.5) is 5.82 Å². The van der Waals surface area contributed by atoms with Gasteiger partial charge in [0.2, 0.25) is 0 Å². The molecule has 0 fully saturated rings. The van der Waals surface area contributed by atoms with Crippen molar-refractivity contribution in [2.24, 2.45) is 0 Å². The van der Waals surface area contributed by atoms with Gasteiger partial charge in [0.05, 0.1) is 5.56 Å². The van der Waals surface area contributed by atoms with E-state index in [2.05, 4.69) is 38.8 Å². The number of rotatable bonds is 4. The number of aromatic nitrogens is 5. The molecule has 3 rings (SSSR count). The van der Waals surface area contributed by atoms with E-state index in [1.807, 2.05) is 6.26 Å². The van der Waals surface area contributed by atoms with Crippen LogP contribution >= 0.6 is 23.5 Å². The van der Waals surface area contributed by atoms with Gasteiger partial charge in [-0.1, -0.05) is 11.8 Å². The van der Waals surface area contributed by atoms with Crippen LogP contribution in [0, 0.1) is 0 Å². The van der Waals surface area contributed by atoms with E-state index in [0.29, 0.717) is 15.9 Å². The molecule has 0 aromatic carbocycles. The van der Waals surface area contributed by atoms with Crippen LogP contribution in [0.2, 0.25) is 0 Å². The minimum atomic E-state index is -0.898. The van der Waals surface area contributed by atoms with Gasteiger partial charge in [-0.3, -0.25) is 0 Å². The van der Waals surface area contributed by atoms with Gasteiger partial charge in [-0.05, 0) is 31.9 Å². The van der Waals surface area contributed by atoms with E-state index in [1.54, 1.807) is 0 Å². The SMILES string of the molecule is CCN(CC)c1nc(SC)nc2c1C(O)n1ncnc1S2. The van der Waals surface area contributed by atoms with Gasteiger partial charge < -0.3 is 10.0 Å². The van der Waals surface area contributed by atoms with E-state index in [9.17, 15) is 5.11 Å². The van der Waals surface area contributed by atoms with Crippen LogP contribution in [0.3, 0.4) is 0 Å². The number of aliphatic hydroxyl groups excluding tert-OH is 1. The molecular weight excluding hydrogens is 308 g/mol. The molecule has 9 heteroatoms. The summed E-state index contributed by atoms with van der Waals surface area (Å²) in [5.74, 6) is 0.774. The third-order valence-corrected chi connectivity index (χ3v) is 4.86. The summed E-state index contributed by atoms with van der Waals surface area (Å²) in [6.45, 7) is 5.77. The Kier molecular flexibility index (Phi) is 4.05. The molecule has 3 heterocycles. The van der Waals surface area contributed by atoms with Crippen molar-refractivity contribution in [3.8, 4) is 0 Å². The van der Waals surface area contributed by atoms with Gasteiger partial charge >= 0.3 is 0 Å². The zero-order chi connectivity index (χ0) is 15.0. The summed E-state index contributed by atoms with van der Waals surface area (Å²) in [5, 5.41) is 16.8. The fraction of sp³-hybridized carbons (Fsp3) is 0.500. The first-order valence-electron chi connectivity index (χ1n) is 6.65. The summed E-state index contributed by atoms with van der Waals surface area (Å²) in [4.78, 5) is 15.4. The van der Waals surface area contributed by atoms with E-state index in [0.717, 1.165) is 23.9 Å². The van der Waals surface area contributed by atoms with Crippen molar-refractivity contribution in [2.75, 3.05) is 24.2 Å². The van der Waals surface area contributed by atoms with E-state index in [1.165, 1.54) is 34.5 Å². The molecule has 0 aliphatic carbocycles. The molecule has 0 saturated heterocycles. The third kappa shape index (κ3) is 2.39. The predicted octanol–water partition coefficient (Wildman–Crippen LogP) is 1.64. The Morgan fingerprint density at radius 1 is 1.38 bits per heavy atom. The predicted molar refractivity (Wildman–Crippen MR) is 81.9 cm³/mol. The average Bonchev–Trinajstić information content (AvgIpc) is 2.96. The van der Waals surface area contributed by atoms with Crippen molar-refractivity contribution < 1.29 is 5.11 Å². The maximum absolute atomic E-state index is 10.6. The highest BCUT2D eigenvalue weighted by Crippen LogP contribution is 2.42. The summed E-state index contributed by atoms with van der Waals surface area (Å²) in [5.41, 5.74) is 0.708. The van der Waals surface area contributed by atoms with Gasteiger partial charge in [-0.2, -0.15) is 5.10 Å². The van der Waals surface area contributed by atoms with Crippen LogP contribution in [0.25, 0.3) is 0 Å². The fourth-order valence-electron chi connectivity index (χ4n) is 2.27. The highest BCUT2D eigenvalue weighted by molar-refractivity contribution is 7.99. The topological polar surface area (TPSA) is 80.0 Å². The zero-order valence-electron chi connectivity index (χ0n) is 12.0. The molecule has 21 heavy (non-hydrogen) atoms. The molecule has 0 saturated carbocycles. The second kappa shape index (κ2) is 5.82. The Labute approximate surface area is 131 Å². The molecule has 1 aliphatic heterocycles. The molecule has 0 spiro atoms. The van der Waals surface area contributed by atoms with Crippen LogP contribution in [-0.4, -0.2) is 49.2 Å². The number of hydrogen-bond donors (Lipinski definition) is 1. The minimum absolute atomic E-state index is 0.645. The van der Waals surface area contributed by atoms with Gasteiger partial charge in [0, 0.05) is 13.1 Å². The monoisotopic (exact) mass is 324 g/mol. The lowest BCUT2D eigenvalue weighted by molar-refractivity contribution is 0.115. The molecule has 1 aliphatic rings. The number of aliphatic hydroxyl groups is 1. The van der Waals surface area contributed by atoms with E-state index < -0.39 is 6.23 Å². The first-order valence-corrected chi connectivity index (χ1v) is 8.70. The highest BCUT2D eigenvalue weighted by Gasteiger charge is 2.32. The summed E-state index contributed by atoms with van der Waals surface area (Å²) in [7, 11) is 0. The standard InChI is InChI=1S/C12H16N6OS2/c1-4-17(5-2)8-7-9(16-11(15-8)20-3)21-12-13-6-14-18(12)10(7)19/h6,10,19H,4-5H2,1-3H3. The lowest BCUT2D eigenvalue weighted by atomic mass is 10.2. The third-order valence-electron chi connectivity index (χ3n) is 3.33. The quantitative estimate of drug-likeness (QED) is 0.516. The second-order valence-corrected chi connectivity index (χ2v) is 6.12. The van der Waals surface area contributed by atoms with E-state index >= 15 is 0 Å². The Morgan fingerprint density at radius 3 is 2.81 bits per heavy atom. The zero-order valence-corrected chi connectivity index (χ0v) is 13.6. The Bertz CT molecular complexity index is 657. The summed E-state index contributed by atoms with van der Waals surface area (Å²) >= 11 is 2.91. The number of hydrogen-bond acceptors (Lipinski definition) is 8. The number of thioether (sulfide) groups is 1. The van der Waals surface area contributed by atoms with Crippen molar-refractivity contribution in [1.29, 1.82) is 0 Å². The molecule has 112 valence electrons. The van der Waals surface area contributed by atoms with Crippen molar-refractivity contribution >= 4 is 29.3 Å². The molecule has 7 nitrogen and oxygen atoms in total. The molecule has 0 amide bonds. The molecule has 0 bridgehead atoms. The highest BCUT2D eigenvalue weighted by atomic mass is 32.2. The van der Waals surface area contributed by atoms with Crippen LogP contribution in [-0.2, 0) is 0 Å². The average molecular weight is 324 g/mol. The Morgan fingerprint density at radius 2 is 2.14 bits per heavy atom. The number of anilines is 1. The molecular formula is C12H16N6OS2. The smallest absolute Gasteiger partial charge is 0.195 e. The van der Waals surface area contributed by atoms with E-state index in [4.69, 9.17) is 0 Å². The Balaban J connectivity index is 2.18. The second-order valence-electron chi connectivity index (χ2n) is 4.39. The van der Waals surface area contributed by atoms with Crippen molar-refractivity contribution in [2.45, 2.75) is 35.4 Å². The summed E-state index contributed by atoms with van der Waals surface area (Å²) in [6.07, 6.45) is 2.49. The molecule has 2 aromatic rings. The molecule has 1 N–H and O–H groups in total. The molecule has 2 aromatic heterocycles. The lowest BCUT2D eigenvalue weighted by Gasteiger charge is -2.28. The van der Waals surface area contributed by atoms with Crippen molar-refractivity contribution in [1.82, 2.24) is 24.7 Å². The summed E-state index contributed by atoms with van der Waals surface area (Å²) in [6, 6.07) is 0. The normalized spacial score (nSPS) is 16.5. The fourth-order valence-corrected chi connectivity index (χ4v) is 3.64.